The molecule has 0 unspecified atom stereocenters. The maximum absolute atomic E-state index is 12.5. The Bertz CT molecular complexity index is 912. The molecule has 0 N–H and O–H groups in total. The third-order valence-corrected chi connectivity index (χ3v) is 3.65. The zero-order valence-corrected chi connectivity index (χ0v) is 13.6. The lowest BCUT2D eigenvalue weighted by Crippen LogP contribution is -2.07. The van der Waals surface area contributed by atoms with Crippen molar-refractivity contribution in [1.82, 2.24) is 4.40 Å². The van der Waals surface area contributed by atoms with Crippen LogP contribution in [-0.2, 0) is 16.1 Å². The number of aromatic nitrogens is 1. The molecule has 1 aromatic carbocycles. The average Bonchev–Trinajstić information content (AvgIpc) is 3.05. The fourth-order valence-corrected chi connectivity index (χ4v) is 2.48. The Labute approximate surface area is 145 Å². The molecule has 3 rings (SSSR count). The third kappa shape index (κ3) is 3.61. The van der Waals surface area contributed by atoms with Crippen molar-refractivity contribution in [3.8, 4) is 0 Å². The third-order valence-electron chi connectivity index (χ3n) is 3.65. The fraction of sp³-hybridized carbons (Fsp3) is 0.100. The minimum absolute atomic E-state index is 0.104. The predicted molar refractivity (Wildman–Crippen MR) is 93.4 cm³/mol. The first kappa shape index (κ1) is 16.5. The van der Waals surface area contributed by atoms with Gasteiger partial charge < -0.3 is 13.9 Å². The molecule has 0 spiro atoms. The topological polar surface area (TPSA) is 57.0 Å². The normalized spacial score (nSPS) is 10.4. The van der Waals surface area contributed by atoms with E-state index < -0.39 is 11.9 Å². The van der Waals surface area contributed by atoms with Crippen LogP contribution in [0.5, 0.6) is 0 Å². The van der Waals surface area contributed by atoms with Gasteiger partial charge in [0.25, 0.3) is 0 Å². The van der Waals surface area contributed by atoms with Crippen molar-refractivity contribution < 1.29 is 19.1 Å². The molecule has 25 heavy (non-hydrogen) atoms. The SMILES string of the molecule is C=CCOC(=O)c1cc(C(=O)OCc2ccccc2)c2ccccn12. The van der Waals surface area contributed by atoms with Gasteiger partial charge in [-0.05, 0) is 23.8 Å². The van der Waals surface area contributed by atoms with E-state index in [1.807, 2.05) is 30.3 Å². The van der Waals surface area contributed by atoms with Crippen LogP contribution in [0.1, 0.15) is 26.4 Å². The highest BCUT2D eigenvalue weighted by Crippen LogP contribution is 2.19. The van der Waals surface area contributed by atoms with Crippen LogP contribution in [0.4, 0.5) is 0 Å². The Kier molecular flexibility index (Phi) is 4.95. The zero-order chi connectivity index (χ0) is 17.6. The van der Waals surface area contributed by atoms with Gasteiger partial charge in [-0.2, -0.15) is 0 Å². The zero-order valence-electron chi connectivity index (χ0n) is 13.6. The summed E-state index contributed by atoms with van der Waals surface area (Å²) in [6.07, 6.45) is 3.19. The highest BCUT2D eigenvalue weighted by atomic mass is 16.5. The molecule has 0 aliphatic carbocycles. The van der Waals surface area contributed by atoms with Crippen LogP contribution in [-0.4, -0.2) is 22.9 Å². The van der Waals surface area contributed by atoms with Gasteiger partial charge in [-0.3, -0.25) is 0 Å². The van der Waals surface area contributed by atoms with Crippen LogP contribution in [0, 0.1) is 0 Å². The Hall–Kier alpha value is -3.34. The van der Waals surface area contributed by atoms with E-state index in [0.29, 0.717) is 11.1 Å². The lowest BCUT2D eigenvalue weighted by Gasteiger charge is -2.04. The van der Waals surface area contributed by atoms with Crippen molar-refractivity contribution >= 4 is 17.5 Å². The minimum Gasteiger partial charge on any atom is -0.457 e. The molecule has 126 valence electrons. The van der Waals surface area contributed by atoms with E-state index in [-0.39, 0.29) is 18.9 Å². The van der Waals surface area contributed by atoms with Crippen LogP contribution in [0.2, 0.25) is 0 Å². The highest BCUT2D eigenvalue weighted by Gasteiger charge is 2.21. The number of benzene rings is 1. The Balaban J connectivity index is 1.86. The molecule has 2 heterocycles. The van der Waals surface area contributed by atoms with Gasteiger partial charge in [0, 0.05) is 6.20 Å². The molecule has 0 amide bonds. The van der Waals surface area contributed by atoms with Crippen molar-refractivity contribution in [3.05, 3.63) is 90.3 Å². The van der Waals surface area contributed by atoms with Gasteiger partial charge in [0.1, 0.15) is 18.9 Å². The van der Waals surface area contributed by atoms with E-state index in [4.69, 9.17) is 9.47 Å². The summed E-state index contributed by atoms with van der Waals surface area (Å²) >= 11 is 0. The molecule has 5 heteroatoms. The van der Waals surface area contributed by atoms with E-state index in [1.165, 1.54) is 12.1 Å². The van der Waals surface area contributed by atoms with Crippen molar-refractivity contribution in [1.29, 1.82) is 0 Å². The van der Waals surface area contributed by atoms with Gasteiger partial charge in [-0.25, -0.2) is 9.59 Å². The van der Waals surface area contributed by atoms with E-state index in [0.717, 1.165) is 5.56 Å². The Morgan fingerprint density at radius 2 is 1.76 bits per heavy atom. The van der Waals surface area contributed by atoms with Gasteiger partial charge in [0.2, 0.25) is 0 Å². The van der Waals surface area contributed by atoms with Crippen LogP contribution >= 0.6 is 0 Å². The van der Waals surface area contributed by atoms with Gasteiger partial charge >= 0.3 is 11.9 Å². The van der Waals surface area contributed by atoms with Crippen LogP contribution < -0.4 is 0 Å². The second kappa shape index (κ2) is 7.49. The standard InChI is InChI=1S/C20H17NO4/c1-2-12-24-20(23)18-13-16(17-10-6-7-11-21(17)18)19(22)25-14-15-8-4-3-5-9-15/h2-11,13H,1,12,14H2. The smallest absolute Gasteiger partial charge is 0.355 e. The summed E-state index contributed by atoms with van der Waals surface area (Å²) in [5.41, 5.74) is 2.07. The van der Waals surface area contributed by atoms with Crippen molar-refractivity contribution in [3.63, 3.8) is 0 Å². The molecule has 5 nitrogen and oxygen atoms in total. The number of nitrogens with zero attached hydrogens (tertiary/aromatic N) is 1. The van der Waals surface area contributed by atoms with Gasteiger partial charge in [-0.1, -0.05) is 49.1 Å². The largest absolute Gasteiger partial charge is 0.457 e. The van der Waals surface area contributed by atoms with Crippen molar-refractivity contribution in [2.24, 2.45) is 0 Å². The van der Waals surface area contributed by atoms with E-state index >= 15 is 0 Å². The van der Waals surface area contributed by atoms with E-state index in [9.17, 15) is 9.59 Å². The van der Waals surface area contributed by atoms with Gasteiger partial charge in [-0.15, -0.1) is 0 Å². The Morgan fingerprint density at radius 1 is 1.00 bits per heavy atom. The second-order valence-corrected chi connectivity index (χ2v) is 5.35. The lowest BCUT2D eigenvalue weighted by atomic mass is 10.2. The molecule has 0 aliphatic heterocycles. The minimum atomic E-state index is -0.525. The van der Waals surface area contributed by atoms with Crippen LogP contribution in [0.15, 0.2) is 73.4 Å². The quantitative estimate of drug-likeness (QED) is 0.510. The number of carbonyl (C=O) groups is 2. The van der Waals surface area contributed by atoms with Crippen molar-refractivity contribution in [2.45, 2.75) is 6.61 Å². The summed E-state index contributed by atoms with van der Waals surface area (Å²) in [7, 11) is 0. The maximum atomic E-state index is 12.5. The van der Waals surface area contributed by atoms with Crippen LogP contribution in [0.3, 0.4) is 0 Å². The number of ether oxygens (including phenoxy) is 2. The first-order valence-corrected chi connectivity index (χ1v) is 7.80. The summed E-state index contributed by atoms with van der Waals surface area (Å²) in [6, 6.07) is 16.2. The average molecular weight is 335 g/mol. The first-order valence-electron chi connectivity index (χ1n) is 7.80. The van der Waals surface area contributed by atoms with Crippen LogP contribution in [0.25, 0.3) is 5.52 Å². The van der Waals surface area contributed by atoms with Gasteiger partial charge in [0.15, 0.2) is 0 Å². The lowest BCUT2D eigenvalue weighted by molar-refractivity contribution is 0.0475. The number of hydrogen-bond donors (Lipinski definition) is 0. The number of carbonyl (C=O) groups excluding carboxylic acids is 2. The molecule has 0 saturated heterocycles. The summed E-state index contributed by atoms with van der Waals surface area (Å²) in [5, 5.41) is 0. The fourth-order valence-electron chi connectivity index (χ4n) is 2.48. The molecule has 0 bridgehead atoms. The molecule has 0 radical (unpaired) electrons. The predicted octanol–water partition coefficient (Wildman–Crippen LogP) is 3.64. The molecule has 0 fully saturated rings. The molecular formula is C20H17NO4. The Morgan fingerprint density at radius 3 is 2.52 bits per heavy atom. The maximum Gasteiger partial charge on any atom is 0.355 e. The van der Waals surface area contributed by atoms with E-state index in [2.05, 4.69) is 6.58 Å². The summed E-state index contributed by atoms with van der Waals surface area (Å²) in [5.74, 6) is -1.02. The molecule has 0 saturated carbocycles. The molecular weight excluding hydrogens is 318 g/mol. The summed E-state index contributed by atoms with van der Waals surface area (Å²) < 4.78 is 12.1. The van der Waals surface area contributed by atoms with Crippen molar-refractivity contribution in [2.75, 3.05) is 6.61 Å². The molecule has 0 atom stereocenters. The summed E-state index contributed by atoms with van der Waals surface area (Å²) in [4.78, 5) is 24.7. The number of fused-ring (bicyclic) bond motifs is 1. The number of esters is 2. The molecule has 3 aromatic rings. The molecule has 0 aliphatic rings. The second-order valence-electron chi connectivity index (χ2n) is 5.35. The highest BCUT2D eigenvalue weighted by molar-refractivity contribution is 6.01. The van der Waals surface area contributed by atoms with Gasteiger partial charge in [0.05, 0.1) is 11.1 Å². The monoisotopic (exact) mass is 335 g/mol. The first-order chi connectivity index (χ1) is 12.2. The number of hydrogen-bond acceptors (Lipinski definition) is 4. The number of pyridine rings is 1. The van der Waals surface area contributed by atoms with E-state index in [1.54, 1.807) is 28.8 Å². The molecule has 2 aromatic heterocycles. The summed E-state index contributed by atoms with van der Waals surface area (Å²) in [6.45, 7) is 3.79. The number of rotatable bonds is 6.